The van der Waals surface area contributed by atoms with E-state index in [2.05, 4.69) is 0 Å². The van der Waals surface area contributed by atoms with Gasteiger partial charge in [-0.2, -0.15) is 0 Å². The van der Waals surface area contributed by atoms with Crippen molar-refractivity contribution in [3.05, 3.63) is 83.1 Å². The van der Waals surface area contributed by atoms with Crippen LogP contribution in [0.15, 0.2) is 71.6 Å². The van der Waals surface area contributed by atoms with Crippen molar-refractivity contribution in [1.29, 1.82) is 0 Å². The molecule has 2 aliphatic rings. The molecule has 0 aliphatic carbocycles. The van der Waals surface area contributed by atoms with Crippen molar-refractivity contribution >= 4 is 42.8 Å². The fraction of sp³-hybridized carbons (Fsp3) is 0.250. The summed E-state index contributed by atoms with van der Waals surface area (Å²) in [5.74, 6) is -0.419. The maximum Gasteiger partial charge on any atom is 0.268 e. The number of ether oxygens (including phenoxy) is 1. The number of sulfonamides is 1. The summed E-state index contributed by atoms with van der Waals surface area (Å²) < 4.78 is 73.1. The van der Waals surface area contributed by atoms with Gasteiger partial charge in [0.15, 0.2) is 9.84 Å². The summed E-state index contributed by atoms with van der Waals surface area (Å²) >= 11 is 6.03. The second-order valence-electron chi connectivity index (χ2n) is 8.40. The molecule has 0 bridgehead atoms. The molecule has 0 N–H and O–H groups in total. The lowest BCUT2D eigenvalue weighted by molar-refractivity contribution is 0.275. The molecule has 11 heteroatoms. The molecular weight excluding hydrogens is 515 g/mol. The van der Waals surface area contributed by atoms with Gasteiger partial charge in [-0.05, 0) is 42.0 Å². The average Bonchev–Trinajstić information content (AvgIpc) is 2.83. The molecule has 2 aliphatic heterocycles. The highest BCUT2D eigenvalue weighted by Gasteiger charge is 2.39. The van der Waals surface area contributed by atoms with Crippen LogP contribution in [0.25, 0.3) is 0 Å². The lowest BCUT2D eigenvalue weighted by Gasteiger charge is -2.38. The first kappa shape index (κ1) is 23.9. The minimum Gasteiger partial charge on any atom is -0.489 e. The Morgan fingerprint density at radius 1 is 0.971 bits per heavy atom. The van der Waals surface area contributed by atoms with Crippen molar-refractivity contribution in [3.8, 4) is 5.75 Å². The molecule has 1 atom stereocenters. The molecule has 184 valence electrons. The van der Waals surface area contributed by atoms with Gasteiger partial charge < -0.3 is 9.64 Å². The first-order valence-electron chi connectivity index (χ1n) is 10.9. The molecule has 35 heavy (non-hydrogen) atoms. The summed E-state index contributed by atoms with van der Waals surface area (Å²) in [4.78, 5) is 1.49. The SMILES string of the molecule is O=S1(=O)CCN(c2ccc3c(c2)OCC(c2ccc(Cl)cc2)N3S(=O)(=O)c2ccccc2F)CC1. The van der Waals surface area contributed by atoms with Gasteiger partial charge in [-0.15, -0.1) is 0 Å². The Morgan fingerprint density at radius 3 is 2.34 bits per heavy atom. The molecule has 3 aromatic rings. The Balaban J connectivity index is 1.59. The van der Waals surface area contributed by atoms with Crippen molar-refractivity contribution in [2.24, 2.45) is 0 Å². The number of rotatable bonds is 4. The average molecular weight is 537 g/mol. The standard InChI is InChI=1S/C24H22ClFN2O5S2/c25-18-7-5-17(6-8-18)22-16-33-23-15-19(27-11-13-34(29,30)14-12-27)9-10-21(23)28(22)35(31,32)24-4-2-1-3-20(24)26/h1-10,15,22H,11-14,16H2. The molecule has 3 aromatic carbocycles. The van der Waals surface area contributed by atoms with Gasteiger partial charge in [0.25, 0.3) is 10.0 Å². The molecule has 0 radical (unpaired) electrons. The van der Waals surface area contributed by atoms with Gasteiger partial charge >= 0.3 is 0 Å². The van der Waals surface area contributed by atoms with Crippen LogP contribution in [0.1, 0.15) is 11.6 Å². The van der Waals surface area contributed by atoms with E-state index in [0.29, 0.717) is 29.4 Å². The molecule has 1 fully saturated rings. The molecule has 5 rings (SSSR count). The van der Waals surface area contributed by atoms with E-state index in [1.54, 1.807) is 42.5 Å². The van der Waals surface area contributed by atoms with E-state index in [1.807, 2.05) is 4.90 Å². The second kappa shape index (κ2) is 9.00. The molecule has 1 unspecified atom stereocenters. The molecule has 1 saturated heterocycles. The minimum absolute atomic E-state index is 0.000146. The monoisotopic (exact) mass is 536 g/mol. The Morgan fingerprint density at radius 2 is 1.66 bits per heavy atom. The lowest BCUT2D eigenvalue weighted by Crippen LogP contribution is -2.42. The summed E-state index contributed by atoms with van der Waals surface area (Å²) in [6.07, 6.45) is 0. The third-order valence-corrected chi connectivity index (χ3v) is 9.92. The zero-order valence-electron chi connectivity index (χ0n) is 18.5. The largest absolute Gasteiger partial charge is 0.489 e. The Bertz CT molecular complexity index is 1470. The zero-order chi connectivity index (χ0) is 24.8. The van der Waals surface area contributed by atoms with E-state index >= 15 is 0 Å². The molecule has 7 nitrogen and oxygen atoms in total. The number of sulfone groups is 1. The van der Waals surface area contributed by atoms with Gasteiger partial charge in [-0.3, -0.25) is 4.31 Å². The predicted molar refractivity (Wildman–Crippen MR) is 133 cm³/mol. The molecule has 2 heterocycles. The molecule has 0 saturated carbocycles. The maximum atomic E-state index is 14.7. The fourth-order valence-corrected chi connectivity index (χ4v) is 7.38. The van der Waals surface area contributed by atoms with E-state index in [-0.39, 0.29) is 23.8 Å². The van der Waals surface area contributed by atoms with Crippen LogP contribution in [-0.2, 0) is 19.9 Å². The van der Waals surface area contributed by atoms with E-state index < -0.39 is 36.6 Å². The van der Waals surface area contributed by atoms with Crippen LogP contribution >= 0.6 is 11.6 Å². The highest BCUT2D eigenvalue weighted by Crippen LogP contribution is 2.45. The fourth-order valence-electron chi connectivity index (χ4n) is 4.35. The number of hydrogen-bond donors (Lipinski definition) is 0. The number of halogens is 2. The van der Waals surface area contributed by atoms with Crippen LogP contribution in [0.5, 0.6) is 5.75 Å². The van der Waals surface area contributed by atoms with Crippen molar-refractivity contribution in [2.75, 3.05) is 40.4 Å². The Labute approximate surface area is 208 Å². The smallest absolute Gasteiger partial charge is 0.268 e. The third kappa shape index (κ3) is 4.57. The van der Waals surface area contributed by atoms with Crippen LogP contribution in [0.4, 0.5) is 15.8 Å². The zero-order valence-corrected chi connectivity index (χ0v) is 20.9. The summed E-state index contributed by atoms with van der Waals surface area (Å²) in [6, 6.07) is 16.3. The topological polar surface area (TPSA) is 84.0 Å². The molecule has 0 spiro atoms. The van der Waals surface area contributed by atoms with E-state index in [1.165, 1.54) is 22.5 Å². The van der Waals surface area contributed by atoms with Crippen LogP contribution < -0.4 is 13.9 Å². The summed E-state index contributed by atoms with van der Waals surface area (Å²) in [5.41, 5.74) is 1.64. The van der Waals surface area contributed by atoms with E-state index in [0.717, 1.165) is 11.8 Å². The van der Waals surface area contributed by atoms with Gasteiger partial charge in [0.2, 0.25) is 0 Å². The van der Waals surface area contributed by atoms with Crippen LogP contribution in [0.2, 0.25) is 5.02 Å². The second-order valence-corrected chi connectivity index (χ2v) is 12.9. The number of benzene rings is 3. The van der Waals surface area contributed by atoms with Crippen LogP contribution in [-0.4, -0.2) is 48.0 Å². The van der Waals surface area contributed by atoms with E-state index in [9.17, 15) is 21.2 Å². The van der Waals surface area contributed by atoms with E-state index in [4.69, 9.17) is 16.3 Å². The van der Waals surface area contributed by atoms with Crippen LogP contribution in [0, 0.1) is 5.82 Å². The molecule has 0 amide bonds. The number of fused-ring (bicyclic) bond motifs is 1. The van der Waals surface area contributed by atoms with Gasteiger partial charge in [0.05, 0.1) is 17.2 Å². The van der Waals surface area contributed by atoms with Crippen molar-refractivity contribution < 1.29 is 26.0 Å². The lowest BCUT2D eigenvalue weighted by atomic mass is 10.1. The quantitative estimate of drug-likeness (QED) is 0.500. The summed E-state index contributed by atoms with van der Waals surface area (Å²) in [5, 5.41) is 0.502. The van der Waals surface area contributed by atoms with Crippen molar-refractivity contribution in [3.63, 3.8) is 0 Å². The van der Waals surface area contributed by atoms with Crippen LogP contribution in [0.3, 0.4) is 0 Å². The predicted octanol–water partition coefficient (Wildman–Crippen LogP) is 4.04. The van der Waals surface area contributed by atoms with Gasteiger partial charge in [0.1, 0.15) is 29.1 Å². The highest BCUT2D eigenvalue weighted by atomic mass is 35.5. The number of anilines is 2. The number of nitrogens with zero attached hydrogens (tertiary/aromatic N) is 2. The van der Waals surface area contributed by atoms with Crippen molar-refractivity contribution in [2.45, 2.75) is 10.9 Å². The first-order chi connectivity index (χ1) is 16.7. The summed E-state index contributed by atoms with van der Waals surface area (Å²) in [6.45, 7) is 0.678. The Kier molecular flexibility index (Phi) is 6.14. The van der Waals surface area contributed by atoms with Gasteiger partial charge in [0, 0.05) is 29.9 Å². The normalized spacial score (nSPS) is 19.7. The third-order valence-electron chi connectivity index (χ3n) is 6.20. The Hall–Kier alpha value is -2.82. The molecular formula is C24H22ClFN2O5S2. The van der Waals surface area contributed by atoms with Gasteiger partial charge in [-0.25, -0.2) is 21.2 Å². The first-order valence-corrected chi connectivity index (χ1v) is 14.6. The van der Waals surface area contributed by atoms with Crippen molar-refractivity contribution in [1.82, 2.24) is 0 Å². The number of hydrogen-bond acceptors (Lipinski definition) is 6. The van der Waals surface area contributed by atoms with Gasteiger partial charge in [-0.1, -0.05) is 35.9 Å². The summed E-state index contributed by atoms with van der Waals surface area (Å²) in [7, 11) is -7.36. The maximum absolute atomic E-state index is 14.7. The minimum atomic E-state index is -4.31. The molecule has 0 aromatic heterocycles. The highest BCUT2D eigenvalue weighted by molar-refractivity contribution is 7.93.